The average Bonchev–Trinajstić information content (AvgIpc) is 2.64. The van der Waals surface area contributed by atoms with Crippen molar-refractivity contribution in [3.05, 3.63) is 11.8 Å². The molecule has 0 aliphatic carbocycles. The quantitative estimate of drug-likeness (QED) is 0.768. The van der Waals surface area contributed by atoms with Crippen molar-refractivity contribution in [1.29, 1.82) is 0 Å². The molecule has 1 N–H and O–H groups in total. The zero-order valence-electron chi connectivity index (χ0n) is 9.10. The van der Waals surface area contributed by atoms with Crippen LogP contribution in [0.15, 0.2) is 4.42 Å². The first-order valence-electron chi connectivity index (χ1n) is 4.79. The molecule has 84 valence electrons. The van der Waals surface area contributed by atoms with Crippen LogP contribution in [0.3, 0.4) is 0 Å². The Bertz CT molecular complexity index is 337. The maximum Gasteiger partial charge on any atom is 0.320 e. The Morgan fingerprint density at radius 1 is 1.53 bits per heavy atom. The van der Waals surface area contributed by atoms with Gasteiger partial charge < -0.3 is 9.52 Å². The normalized spacial score (nSPS) is 13.1. The fraction of sp³-hybridized carbons (Fsp3) is 0.667. The summed E-state index contributed by atoms with van der Waals surface area (Å²) in [7, 11) is 1.70. The molecule has 1 atom stereocenters. The molecule has 0 spiro atoms. The summed E-state index contributed by atoms with van der Waals surface area (Å²) >= 11 is 0. The van der Waals surface area contributed by atoms with Gasteiger partial charge in [-0.15, -0.1) is 10.2 Å². The van der Waals surface area contributed by atoms with Crippen LogP contribution in [0, 0.1) is 0 Å². The third-order valence-corrected chi connectivity index (χ3v) is 2.21. The van der Waals surface area contributed by atoms with Crippen LogP contribution in [0.25, 0.3) is 0 Å². The molecule has 0 saturated heterocycles. The van der Waals surface area contributed by atoms with Crippen molar-refractivity contribution in [2.24, 2.45) is 0 Å². The van der Waals surface area contributed by atoms with E-state index in [0.29, 0.717) is 24.7 Å². The van der Waals surface area contributed by atoms with Crippen LogP contribution in [-0.2, 0) is 17.8 Å². The summed E-state index contributed by atoms with van der Waals surface area (Å²) in [6.45, 7) is 3.88. The van der Waals surface area contributed by atoms with Crippen LogP contribution in [0.1, 0.15) is 25.6 Å². The van der Waals surface area contributed by atoms with E-state index in [-0.39, 0.29) is 0 Å². The van der Waals surface area contributed by atoms with Gasteiger partial charge >= 0.3 is 5.97 Å². The van der Waals surface area contributed by atoms with Gasteiger partial charge in [-0.1, -0.05) is 6.92 Å². The molecule has 1 aromatic rings. The van der Waals surface area contributed by atoms with Gasteiger partial charge in [0, 0.05) is 6.42 Å². The van der Waals surface area contributed by atoms with Gasteiger partial charge in [0.15, 0.2) is 0 Å². The Kier molecular flexibility index (Phi) is 3.79. The molecule has 0 aliphatic heterocycles. The molecule has 0 aliphatic rings. The minimum absolute atomic E-state index is 0.348. The molecule has 1 aromatic heterocycles. The van der Waals surface area contributed by atoms with Crippen LogP contribution in [0.5, 0.6) is 0 Å². The minimum atomic E-state index is -0.868. The van der Waals surface area contributed by atoms with E-state index < -0.39 is 12.0 Å². The number of aliphatic carboxylic acids is 1. The summed E-state index contributed by atoms with van der Waals surface area (Å²) in [4.78, 5) is 12.3. The van der Waals surface area contributed by atoms with Crippen LogP contribution >= 0.6 is 0 Å². The number of nitrogens with zero attached hydrogens (tertiary/aromatic N) is 3. The molecule has 0 radical (unpaired) electrons. The second kappa shape index (κ2) is 4.88. The van der Waals surface area contributed by atoms with Gasteiger partial charge in [-0.2, -0.15) is 0 Å². The maximum absolute atomic E-state index is 10.7. The first-order chi connectivity index (χ1) is 7.04. The Labute approximate surface area is 87.9 Å². The van der Waals surface area contributed by atoms with Crippen molar-refractivity contribution in [3.8, 4) is 0 Å². The predicted molar refractivity (Wildman–Crippen MR) is 52.2 cm³/mol. The van der Waals surface area contributed by atoms with Crippen molar-refractivity contribution in [2.75, 3.05) is 7.05 Å². The lowest BCUT2D eigenvalue weighted by Crippen LogP contribution is -2.35. The highest BCUT2D eigenvalue weighted by Gasteiger charge is 2.18. The number of carboxylic acid groups (broad SMARTS) is 1. The van der Waals surface area contributed by atoms with Crippen molar-refractivity contribution in [2.45, 2.75) is 32.9 Å². The SMILES string of the molecule is CCc1nnc(CN(C)C(C)C(=O)O)o1. The number of hydrogen-bond donors (Lipinski definition) is 1. The molecule has 1 rings (SSSR count). The molecular formula is C9H15N3O3. The maximum atomic E-state index is 10.7. The number of likely N-dealkylation sites (N-methyl/N-ethyl adjacent to an activating group) is 1. The molecule has 1 unspecified atom stereocenters. The number of carbonyl (C=O) groups is 1. The topological polar surface area (TPSA) is 79.5 Å². The van der Waals surface area contributed by atoms with Crippen molar-refractivity contribution >= 4 is 5.97 Å². The predicted octanol–water partition coefficient (Wildman–Crippen LogP) is 0.537. The highest BCUT2D eigenvalue weighted by molar-refractivity contribution is 5.72. The van der Waals surface area contributed by atoms with E-state index in [1.54, 1.807) is 18.9 Å². The lowest BCUT2D eigenvalue weighted by atomic mass is 10.3. The highest BCUT2D eigenvalue weighted by Crippen LogP contribution is 2.06. The van der Waals surface area contributed by atoms with Gasteiger partial charge in [0.05, 0.1) is 6.54 Å². The molecule has 1 heterocycles. The summed E-state index contributed by atoms with van der Waals surface area (Å²) in [5.41, 5.74) is 0. The summed E-state index contributed by atoms with van der Waals surface area (Å²) in [5.74, 6) is 0.150. The zero-order chi connectivity index (χ0) is 11.4. The molecule has 0 bridgehead atoms. The smallest absolute Gasteiger partial charge is 0.320 e. The van der Waals surface area contributed by atoms with E-state index in [2.05, 4.69) is 10.2 Å². The van der Waals surface area contributed by atoms with Gasteiger partial charge in [0.1, 0.15) is 6.04 Å². The van der Waals surface area contributed by atoms with E-state index >= 15 is 0 Å². The Morgan fingerprint density at radius 3 is 2.60 bits per heavy atom. The average molecular weight is 213 g/mol. The highest BCUT2D eigenvalue weighted by atomic mass is 16.4. The molecular weight excluding hydrogens is 198 g/mol. The number of aryl methyl sites for hydroxylation is 1. The molecule has 6 heteroatoms. The van der Waals surface area contributed by atoms with E-state index in [1.807, 2.05) is 6.92 Å². The standard InChI is InChI=1S/C9H15N3O3/c1-4-7-10-11-8(15-7)5-12(3)6(2)9(13)14/h6H,4-5H2,1-3H3,(H,13,14). The first kappa shape index (κ1) is 11.6. The Hall–Kier alpha value is -1.43. The summed E-state index contributed by atoms with van der Waals surface area (Å²) in [5, 5.41) is 16.4. The van der Waals surface area contributed by atoms with E-state index in [0.717, 1.165) is 0 Å². The first-order valence-corrected chi connectivity index (χ1v) is 4.79. The van der Waals surface area contributed by atoms with Gasteiger partial charge in [-0.3, -0.25) is 9.69 Å². The number of hydrogen-bond acceptors (Lipinski definition) is 5. The molecule has 0 amide bonds. The van der Waals surface area contributed by atoms with Gasteiger partial charge in [0.2, 0.25) is 11.8 Å². The van der Waals surface area contributed by atoms with Crippen molar-refractivity contribution in [3.63, 3.8) is 0 Å². The van der Waals surface area contributed by atoms with Crippen LogP contribution in [0.2, 0.25) is 0 Å². The fourth-order valence-corrected chi connectivity index (χ4v) is 1.03. The monoisotopic (exact) mass is 213 g/mol. The fourth-order valence-electron chi connectivity index (χ4n) is 1.03. The molecule has 0 saturated carbocycles. The Morgan fingerprint density at radius 2 is 2.13 bits per heavy atom. The van der Waals surface area contributed by atoms with Gasteiger partial charge in [-0.25, -0.2) is 0 Å². The van der Waals surface area contributed by atoms with Crippen molar-refractivity contribution < 1.29 is 14.3 Å². The molecule has 6 nitrogen and oxygen atoms in total. The summed E-state index contributed by atoms with van der Waals surface area (Å²) in [6.07, 6.45) is 0.686. The molecule has 15 heavy (non-hydrogen) atoms. The second-order valence-corrected chi connectivity index (χ2v) is 3.37. The lowest BCUT2D eigenvalue weighted by Gasteiger charge is -2.18. The van der Waals surface area contributed by atoms with E-state index in [9.17, 15) is 4.79 Å². The molecule has 0 fully saturated rings. The number of aromatic nitrogens is 2. The third kappa shape index (κ3) is 3.02. The van der Waals surface area contributed by atoms with Crippen LogP contribution in [-0.4, -0.2) is 39.3 Å². The summed E-state index contributed by atoms with van der Waals surface area (Å²) < 4.78 is 5.28. The number of carboxylic acids is 1. The van der Waals surface area contributed by atoms with Gasteiger partial charge in [-0.05, 0) is 14.0 Å². The second-order valence-electron chi connectivity index (χ2n) is 3.37. The van der Waals surface area contributed by atoms with E-state index in [1.165, 1.54) is 0 Å². The molecule has 0 aromatic carbocycles. The summed E-state index contributed by atoms with van der Waals surface area (Å²) in [6, 6.07) is -0.568. The van der Waals surface area contributed by atoms with Crippen LogP contribution < -0.4 is 0 Å². The lowest BCUT2D eigenvalue weighted by molar-refractivity contribution is -0.142. The third-order valence-electron chi connectivity index (χ3n) is 2.21. The Balaban J connectivity index is 2.57. The van der Waals surface area contributed by atoms with E-state index in [4.69, 9.17) is 9.52 Å². The number of rotatable bonds is 5. The van der Waals surface area contributed by atoms with Gasteiger partial charge in [0.25, 0.3) is 0 Å². The zero-order valence-corrected chi connectivity index (χ0v) is 9.10. The largest absolute Gasteiger partial charge is 0.480 e. The minimum Gasteiger partial charge on any atom is -0.480 e. The van der Waals surface area contributed by atoms with Crippen molar-refractivity contribution in [1.82, 2.24) is 15.1 Å². The van der Waals surface area contributed by atoms with Crippen LogP contribution in [0.4, 0.5) is 0 Å².